The first-order valence-corrected chi connectivity index (χ1v) is 13.7. The summed E-state index contributed by atoms with van der Waals surface area (Å²) in [5.41, 5.74) is 6.41. The number of anilines is 2. The predicted octanol–water partition coefficient (Wildman–Crippen LogP) is -3.79. The maximum Gasteiger partial charge on any atom is 0.478 e. The summed E-state index contributed by atoms with van der Waals surface area (Å²) in [7, 11) is -9.35. The number of imidazole rings is 1. The van der Waals surface area contributed by atoms with Crippen LogP contribution in [0.1, 0.15) is 12.5 Å². The molecule has 2 fully saturated rings. The number of nitrogens with one attached hydrogen (secondary N) is 1. The normalized spacial score (nSPS) is 42.8. The average Bonchev–Trinajstić information content (AvgIpc) is 3.43. The van der Waals surface area contributed by atoms with Crippen LogP contribution in [0.5, 0.6) is 0 Å². The summed E-state index contributed by atoms with van der Waals surface area (Å²) in [6, 6.07) is 0. The van der Waals surface area contributed by atoms with Crippen molar-refractivity contribution in [1.29, 1.82) is 0 Å². The number of nitrogen functional groups attached to an aromatic ring is 1. The van der Waals surface area contributed by atoms with E-state index in [2.05, 4.69) is 28.6 Å². The van der Waals surface area contributed by atoms with Crippen LogP contribution in [0.15, 0.2) is 6.33 Å². The fourth-order valence-corrected chi connectivity index (χ4v) is 6.38. The number of ether oxygens (including phenoxy) is 2. The molecule has 2 aromatic rings. The summed E-state index contributed by atoms with van der Waals surface area (Å²) < 4.78 is 51.3. The number of phosphoric acid groups is 2. The number of nitrogens with zero attached hydrogens (tertiary/aromatic N) is 4. The van der Waals surface area contributed by atoms with Gasteiger partial charge in [0.05, 0.1) is 13.2 Å². The van der Waals surface area contributed by atoms with Gasteiger partial charge in [0, 0.05) is 7.05 Å². The lowest BCUT2D eigenvalue weighted by Gasteiger charge is -2.26. The minimum Gasteiger partial charge on any atom is -0.756 e. The zero-order chi connectivity index (χ0) is 26.9. The van der Waals surface area contributed by atoms with Gasteiger partial charge in [-0.3, -0.25) is 13.7 Å². The highest BCUT2D eigenvalue weighted by Crippen LogP contribution is 2.58. The summed E-state index contributed by atoms with van der Waals surface area (Å²) in [5, 5.41) is 44.8. The molecular formula is C16H24N6O13P2. The molecule has 2 unspecified atom stereocenters. The highest BCUT2D eigenvalue weighted by molar-refractivity contribution is 7.60. The number of hydrogen-bond acceptors (Lipinski definition) is 16. The second kappa shape index (κ2) is 9.42. The first-order valence-electron chi connectivity index (χ1n) is 10.8. The van der Waals surface area contributed by atoms with Gasteiger partial charge in [-0.25, -0.2) is 18.4 Å². The highest BCUT2D eigenvalue weighted by Gasteiger charge is 2.49. The van der Waals surface area contributed by atoms with Crippen molar-refractivity contribution >= 4 is 38.6 Å². The number of rotatable bonds is 1. The Labute approximate surface area is 207 Å². The van der Waals surface area contributed by atoms with Gasteiger partial charge in [-0.2, -0.15) is 0 Å². The molecule has 6 heterocycles. The van der Waals surface area contributed by atoms with Crippen LogP contribution in [0.3, 0.4) is 0 Å². The Morgan fingerprint density at radius 1 is 1.11 bits per heavy atom. The minimum absolute atomic E-state index is 0.0558. The Bertz CT molecular complexity index is 1300. The van der Waals surface area contributed by atoms with E-state index < -0.39 is 77.9 Å². The second-order valence-corrected chi connectivity index (χ2v) is 11.4. The molecule has 0 spiro atoms. The van der Waals surface area contributed by atoms with E-state index in [-0.39, 0.29) is 22.9 Å². The summed E-state index contributed by atoms with van der Waals surface area (Å²) in [6.45, 7) is -1.79. The van der Waals surface area contributed by atoms with E-state index >= 15 is 0 Å². The molecule has 0 aromatic carbocycles. The number of hydrogen-bond donors (Lipinski definition) is 7. The van der Waals surface area contributed by atoms with Gasteiger partial charge in [0.25, 0.3) is 13.6 Å². The van der Waals surface area contributed by atoms with Gasteiger partial charge in [0.1, 0.15) is 36.6 Å². The summed E-state index contributed by atoms with van der Waals surface area (Å²) >= 11 is 0. The quantitative estimate of drug-likeness (QED) is 0.128. The molecule has 2 aromatic heterocycles. The molecule has 8 N–H and O–H groups in total. The lowest BCUT2D eigenvalue weighted by molar-refractivity contribution is -0.755. The molecule has 10 atom stereocenters. The zero-order valence-corrected chi connectivity index (χ0v) is 20.7. The van der Waals surface area contributed by atoms with Crippen LogP contribution in [-0.4, -0.2) is 96.7 Å². The van der Waals surface area contributed by atoms with E-state index in [0.29, 0.717) is 0 Å². The largest absolute Gasteiger partial charge is 0.756 e. The molecule has 21 heteroatoms. The number of nitrogens with two attached hydrogens (primary N) is 1. The van der Waals surface area contributed by atoms with Crippen LogP contribution in [0.25, 0.3) is 11.2 Å². The molecule has 0 aliphatic carbocycles. The lowest BCUT2D eigenvalue weighted by Crippen LogP contribution is -2.48. The van der Waals surface area contributed by atoms with Crippen LogP contribution in [0.4, 0.5) is 11.8 Å². The maximum atomic E-state index is 12.2. The summed E-state index contributed by atoms with van der Waals surface area (Å²) in [6.07, 6.45) is -11.0. The highest BCUT2D eigenvalue weighted by atomic mass is 31.3. The Balaban J connectivity index is 1.62. The Hall–Kier alpha value is -1.83. The molecular weight excluding hydrogens is 546 g/mol. The fraction of sp³-hybridized carbons (Fsp3) is 0.688. The number of aliphatic hydroxyl groups excluding tert-OH is 4. The molecule has 206 valence electrons. The molecule has 4 aliphatic heterocycles. The molecule has 4 aliphatic rings. The van der Waals surface area contributed by atoms with Gasteiger partial charge in [-0.15, -0.1) is 0 Å². The molecule has 0 saturated carbocycles. The molecule has 0 radical (unpaired) electrons. The SMILES string of the molecule is CNc1nc2c(N)[n+]3cnc2n1[C@@H]1O[C@H](COP(=O)([O-])OP(=O)(O)OC[C@H]2O[C@@H]3[C@H](O)[C@@H]2O)[C@@H](O)[C@H]1O. The van der Waals surface area contributed by atoms with Crippen molar-refractivity contribution in [2.45, 2.75) is 49.1 Å². The number of aliphatic hydroxyl groups is 4. The molecule has 6 rings (SSSR count). The van der Waals surface area contributed by atoms with E-state index in [0.717, 1.165) is 10.9 Å². The third-order valence-electron chi connectivity index (χ3n) is 6.14. The van der Waals surface area contributed by atoms with Gasteiger partial charge in [-0.1, -0.05) is 4.98 Å². The van der Waals surface area contributed by atoms with Crippen LogP contribution >= 0.6 is 15.6 Å². The Morgan fingerprint density at radius 3 is 2.46 bits per heavy atom. The van der Waals surface area contributed by atoms with Gasteiger partial charge in [0.2, 0.25) is 24.2 Å². The molecule has 8 bridgehead atoms. The van der Waals surface area contributed by atoms with E-state index in [9.17, 15) is 39.3 Å². The summed E-state index contributed by atoms with van der Waals surface area (Å²) in [5.74, 6) is -0.00325. The number of fused-ring (bicyclic) bond motifs is 7. The van der Waals surface area contributed by atoms with E-state index in [1.165, 1.54) is 11.6 Å². The third kappa shape index (κ3) is 4.65. The molecule has 19 nitrogen and oxygen atoms in total. The molecule has 2 saturated heterocycles. The van der Waals surface area contributed by atoms with Gasteiger partial charge < -0.3 is 55.3 Å². The average molecular weight is 570 g/mol. The standard InChI is InChI=1S/C16H24N6O13P2/c1-18-16-20-7-12(17)21-4-19-13(7)22(16)15-11(26)9(24)6(34-15)3-32-37(29,30)35-36(27,28)31-2-5-8(23)10(25)14(21)33-5/h4-6,8-11,14-15,17,23-26H,2-3H2,1H3,(H3,18,20,27,28,29,30)/t5-,6-,8-,9-,10-,11-,14-,15-/m1/s1. The predicted molar refractivity (Wildman–Crippen MR) is 114 cm³/mol. The van der Waals surface area contributed by atoms with Crippen molar-refractivity contribution < 1.29 is 66.7 Å². The van der Waals surface area contributed by atoms with Crippen molar-refractivity contribution in [3.8, 4) is 0 Å². The lowest BCUT2D eigenvalue weighted by atomic mass is 10.1. The van der Waals surface area contributed by atoms with E-state index in [4.69, 9.17) is 15.2 Å². The second-order valence-electron chi connectivity index (χ2n) is 8.45. The first-order chi connectivity index (χ1) is 17.3. The van der Waals surface area contributed by atoms with Gasteiger partial charge in [-0.05, 0) is 0 Å². The van der Waals surface area contributed by atoms with Crippen LogP contribution in [0.2, 0.25) is 0 Å². The number of aromatic nitrogens is 4. The Kier molecular flexibility index (Phi) is 6.82. The van der Waals surface area contributed by atoms with Crippen LogP contribution in [0, 0.1) is 0 Å². The van der Waals surface area contributed by atoms with Crippen molar-refractivity contribution in [3.63, 3.8) is 0 Å². The van der Waals surface area contributed by atoms with E-state index in [1.54, 1.807) is 0 Å². The maximum absolute atomic E-state index is 12.2. The minimum atomic E-state index is -5.52. The van der Waals surface area contributed by atoms with Crippen molar-refractivity contribution in [2.24, 2.45) is 0 Å². The van der Waals surface area contributed by atoms with Crippen LogP contribution < -0.4 is 20.5 Å². The third-order valence-corrected chi connectivity index (χ3v) is 8.71. The van der Waals surface area contributed by atoms with Gasteiger partial charge in [0.15, 0.2) is 11.7 Å². The summed E-state index contributed by atoms with van der Waals surface area (Å²) in [4.78, 5) is 30.6. The topological polar surface area (TPSA) is 277 Å². The van der Waals surface area contributed by atoms with Crippen molar-refractivity contribution in [3.05, 3.63) is 6.33 Å². The van der Waals surface area contributed by atoms with Crippen molar-refractivity contribution in [2.75, 3.05) is 31.3 Å². The zero-order valence-electron chi connectivity index (χ0n) is 18.9. The molecule has 37 heavy (non-hydrogen) atoms. The fourth-order valence-electron chi connectivity index (χ4n) is 4.32. The van der Waals surface area contributed by atoms with Crippen LogP contribution in [-0.2, 0) is 32.0 Å². The monoisotopic (exact) mass is 570 g/mol. The first kappa shape index (κ1) is 26.8. The van der Waals surface area contributed by atoms with E-state index in [1.807, 2.05) is 0 Å². The Morgan fingerprint density at radius 2 is 1.76 bits per heavy atom. The smallest absolute Gasteiger partial charge is 0.478 e. The molecule has 0 amide bonds. The number of phosphoric ester groups is 2. The van der Waals surface area contributed by atoms with Crippen molar-refractivity contribution in [1.82, 2.24) is 14.5 Å². The van der Waals surface area contributed by atoms with Gasteiger partial charge >= 0.3 is 7.82 Å².